The molecule has 5 aliphatic rings. The summed E-state index contributed by atoms with van der Waals surface area (Å²) in [5, 5.41) is 20.8. The summed E-state index contributed by atoms with van der Waals surface area (Å²) in [5.41, 5.74) is -0.467. The number of ether oxygens (including phenoxy) is 1. The molecule has 1 saturated heterocycles. The van der Waals surface area contributed by atoms with Gasteiger partial charge in [-0.3, -0.25) is 4.18 Å². The standard InChI is InChI=1S/C28H48O6S/c1-16(8-7-12-26(2,3)30)18-9-10-19-17-14-23(34-35(6,31)32)21-15-22(29)24-25(33-24)28(21,5)20(17)11-13-27(18,19)4/h16-25,29-30H,7-15H2,1-6H3/t16-,17+,18-,19+,20+,21?,22?,23?,24?,25?,27-,28-/m1/s1. The van der Waals surface area contributed by atoms with E-state index in [0.29, 0.717) is 36.0 Å². The molecule has 12 atom stereocenters. The van der Waals surface area contributed by atoms with E-state index in [1.165, 1.54) is 19.3 Å². The maximum atomic E-state index is 12.3. The molecule has 5 fully saturated rings. The number of aliphatic hydroxyl groups excluding tert-OH is 1. The highest BCUT2D eigenvalue weighted by atomic mass is 32.2. The van der Waals surface area contributed by atoms with E-state index in [-0.39, 0.29) is 35.1 Å². The van der Waals surface area contributed by atoms with E-state index in [1.807, 2.05) is 13.8 Å². The molecule has 0 aromatic rings. The molecule has 6 nitrogen and oxygen atoms in total. The van der Waals surface area contributed by atoms with Crippen molar-refractivity contribution in [3.05, 3.63) is 0 Å². The largest absolute Gasteiger partial charge is 0.390 e. The lowest BCUT2D eigenvalue weighted by molar-refractivity contribution is -0.159. The molecule has 1 aliphatic heterocycles. The van der Waals surface area contributed by atoms with Crippen LogP contribution in [0, 0.1) is 46.3 Å². The molecule has 7 heteroatoms. The first kappa shape index (κ1) is 26.4. The van der Waals surface area contributed by atoms with E-state index in [9.17, 15) is 18.6 Å². The summed E-state index contributed by atoms with van der Waals surface area (Å²) < 4.78 is 36.4. The van der Waals surface area contributed by atoms with Crippen molar-refractivity contribution in [3.8, 4) is 0 Å². The Balaban J connectivity index is 1.39. The highest BCUT2D eigenvalue weighted by Crippen LogP contribution is 2.70. The number of fused-ring (bicyclic) bond motifs is 7. The Hall–Kier alpha value is -0.210. The van der Waals surface area contributed by atoms with E-state index in [0.717, 1.165) is 38.4 Å². The van der Waals surface area contributed by atoms with Crippen molar-refractivity contribution in [1.29, 1.82) is 0 Å². The molecular weight excluding hydrogens is 464 g/mol. The summed E-state index contributed by atoms with van der Waals surface area (Å²) in [4.78, 5) is 0. The van der Waals surface area contributed by atoms with E-state index >= 15 is 0 Å². The third-order valence-corrected chi connectivity index (χ3v) is 12.1. The van der Waals surface area contributed by atoms with Crippen molar-refractivity contribution in [3.63, 3.8) is 0 Å². The van der Waals surface area contributed by atoms with Crippen LogP contribution < -0.4 is 0 Å². The van der Waals surface area contributed by atoms with Crippen LogP contribution in [0.4, 0.5) is 0 Å². The van der Waals surface area contributed by atoms with Gasteiger partial charge in [0.2, 0.25) is 0 Å². The zero-order chi connectivity index (χ0) is 25.6. The molecular formula is C28H48O6S. The van der Waals surface area contributed by atoms with Crippen LogP contribution in [0.3, 0.4) is 0 Å². The lowest BCUT2D eigenvalue weighted by atomic mass is 9.43. The maximum Gasteiger partial charge on any atom is 0.264 e. The number of epoxide rings is 1. The Morgan fingerprint density at radius 1 is 1.11 bits per heavy atom. The number of rotatable bonds is 7. The highest BCUT2D eigenvalue weighted by Gasteiger charge is 2.71. The van der Waals surface area contributed by atoms with Gasteiger partial charge in [0, 0.05) is 5.41 Å². The maximum absolute atomic E-state index is 12.3. The summed E-state index contributed by atoms with van der Waals surface area (Å²) in [5.74, 6) is 2.83. The first-order valence-corrected chi connectivity index (χ1v) is 15.9. The molecule has 5 unspecified atom stereocenters. The van der Waals surface area contributed by atoms with Crippen LogP contribution in [0.15, 0.2) is 0 Å². The van der Waals surface area contributed by atoms with Gasteiger partial charge >= 0.3 is 0 Å². The van der Waals surface area contributed by atoms with Crippen LogP contribution in [-0.2, 0) is 19.0 Å². The molecule has 0 radical (unpaired) electrons. The average molecular weight is 513 g/mol. The van der Waals surface area contributed by atoms with Crippen molar-refractivity contribution in [2.45, 2.75) is 122 Å². The van der Waals surface area contributed by atoms with E-state index in [1.54, 1.807) is 0 Å². The summed E-state index contributed by atoms with van der Waals surface area (Å²) in [6.07, 6.45) is 9.45. The summed E-state index contributed by atoms with van der Waals surface area (Å²) in [6, 6.07) is 0. The first-order valence-electron chi connectivity index (χ1n) is 14.1. The molecule has 1 heterocycles. The fourth-order valence-corrected chi connectivity index (χ4v) is 10.7. The third-order valence-electron chi connectivity index (χ3n) is 11.5. The average Bonchev–Trinajstić information content (AvgIpc) is 3.45. The van der Waals surface area contributed by atoms with Crippen LogP contribution in [0.5, 0.6) is 0 Å². The Kier molecular flexibility index (Phi) is 6.53. The van der Waals surface area contributed by atoms with Gasteiger partial charge in [-0.15, -0.1) is 0 Å². The molecule has 35 heavy (non-hydrogen) atoms. The molecule has 0 bridgehead atoms. The summed E-state index contributed by atoms with van der Waals surface area (Å²) >= 11 is 0. The zero-order valence-corrected chi connectivity index (χ0v) is 23.4. The number of hydrogen-bond acceptors (Lipinski definition) is 6. The topological polar surface area (TPSA) is 96.4 Å². The molecule has 4 saturated carbocycles. The van der Waals surface area contributed by atoms with Gasteiger partial charge in [0.25, 0.3) is 10.1 Å². The second kappa shape index (κ2) is 8.65. The number of hydrogen-bond donors (Lipinski definition) is 2. The monoisotopic (exact) mass is 512 g/mol. The van der Waals surface area contributed by atoms with E-state index < -0.39 is 21.8 Å². The van der Waals surface area contributed by atoms with Crippen LogP contribution in [0.25, 0.3) is 0 Å². The molecule has 5 rings (SSSR count). The Morgan fingerprint density at radius 3 is 2.49 bits per heavy atom. The minimum Gasteiger partial charge on any atom is -0.390 e. The molecule has 4 aliphatic carbocycles. The van der Waals surface area contributed by atoms with Crippen LogP contribution in [0.1, 0.15) is 92.4 Å². The molecule has 0 aromatic heterocycles. The van der Waals surface area contributed by atoms with Crippen LogP contribution in [-0.4, -0.2) is 54.9 Å². The molecule has 0 amide bonds. The predicted octanol–water partition coefficient (Wildman–Crippen LogP) is 4.53. The van der Waals surface area contributed by atoms with Crippen LogP contribution >= 0.6 is 0 Å². The van der Waals surface area contributed by atoms with Gasteiger partial charge in [-0.05, 0) is 99.7 Å². The molecule has 202 valence electrons. The van der Waals surface area contributed by atoms with Crippen LogP contribution in [0.2, 0.25) is 0 Å². The van der Waals surface area contributed by atoms with Crippen molar-refractivity contribution in [2.75, 3.05) is 6.26 Å². The lowest BCUT2D eigenvalue weighted by Gasteiger charge is -2.61. The third kappa shape index (κ3) is 4.53. The van der Waals surface area contributed by atoms with E-state index in [2.05, 4.69) is 20.8 Å². The predicted molar refractivity (Wildman–Crippen MR) is 135 cm³/mol. The summed E-state index contributed by atoms with van der Waals surface area (Å²) in [6.45, 7) is 11.0. The van der Waals surface area contributed by atoms with Crippen molar-refractivity contribution >= 4 is 10.1 Å². The van der Waals surface area contributed by atoms with Gasteiger partial charge in [0.1, 0.15) is 6.10 Å². The van der Waals surface area contributed by atoms with Gasteiger partial charge in [-0.1, -0.05) is 33.6 Å². The van der Waals surface area contributed by atoms with Gasteiger partial charge in [0.15, 0.2) is 0 Å². The molecule has 0 spiro atoms. The second-order valence-electron chi connectivity index (χ2n) is 14.2. The minimum atomic E-state index is -3.59. The zero-order valence-electron chi connectivity index (χ0n) is 22.6. The van der Waals surface area contributed by atoms with Gasteiger partial charge in [-0.25, -0.2) is 0 Å². The molecule has 2 N–H and O–H groups in total. The SMILES string of the molecule is C[C@H](CCCC(C)(C)O)[C@H]1CC[C@H]2[C@@H]3CC(OS(C)(=O)=O)C4CC(O)C5OC5[C@]4(C)[C@H]3CC[C@]12C. The fraction of sp³-hybridized carbons (Fsp3) is 1.00. The Morgan fingerprint density at radius 2 is 1.83 bits per heavy atom. The Bertz CT molecular complexity index is 913. The lowest BCUT2D eigenvalue weighted by Crippen LogP contribution is -2.61. The Labute approximate surface area is 212 Å². The molecule has 0 aromatic carbocycles. The van der Waals surface area contributed by atoms with Gasteiger partial charge < -0.3 is 14.9 Å². The number of aliphatic hydroxyl groups is 2. The van der Waals surface area contributed by atoms with Crippen molar-refractivity contribution in [1.82, 2.24) is 0 Å². The quantitative estimate of drug-likeness (QED) is 0.384. The highest BCUT2D eigenvalue weighted by molar-refractivity contribution is 7.86. The van der Waals surface area contributed by atoms with Crippen molar-refractivity contribution < 1.29 is 27.6 Å². The second-order valence-corrected chi connectivity index (χ2v) is 15.8. The fourth-order valence-electron chi connectivity index (χ4n) is 10.00. The van der Waals surface area contributed by atoms with Crippen molar-refractivity contribution in [2.24, 2.45) is 46.3 Å². The smallest absolute Gasteiger partial charge is 0.264 e. The first-order chi connectivity index (χ1) is 16.1. The van der Waals surface area contributed by atoms with Gasteiger partial charge in [-0.2, -0.15) is 8.42 Å². The van der Waals surface area contributed by atoms with E-state index in [4.69, 9.17) is 8.92 Å². The normalized spacial score (nSPS) is 50.0. The minimum absolute atomic E-state index is 0.0135. The van der Waals surface area contributed by atoms with Gasteiger partial charge in [0.05, 0.1) is 30.2 Å². The summed E-state index contributed by atoms with van der Waals surface area (Å²) in [7, 11) is -3.59.